The van der Waals surface area contributed by atoms with Crippen LogP contribution in [0, 0.1) is 5.82 Å². The first-order chi connectivity index (χ1) is 6.53. The van der Waals surface area contributed by atoms with Gasteiger partial charge in [-0.25, -0.2) is 4.39 Å². The molecule has 0 unspecified atom stereocenters. The van der Waals surface area contributed by atoms with Crippen molar-refractivity contribution < 1.29 is 9.18 Å². The number of halogens is 1. The summed E-state index contributed by atoms with van der Waals surface area (Å²) in [5, 5.41) is 2.69. The van der Waals surface area contributed by atoms with Gasteiger partial charge in [0.25, 0.3) is 0 Å². The number of amides is 1. The van der Waals surface area contributed by atoms with Crippen LogP contribution in [0.3, 0.4) is 0 Å². The van der Waals surface area contributed by atoms with Crippen LogP contribution in [-0.2, 0) is 11.2 Å². The van der Waals surface area contributed by atoms with Gasteiger partial charge in [-0.3, -0.25) is 4.79 Å². The van der Waals surface area contributed by atoms with Gasteiger partial charge in [-0.1, -0.05) is 12.1 Å². The second-order valence-electron chi connectivity index (χ2n) is 3.95. The van der Waals surface area contributed by atoms with E-state index in [9.17, 15) is 9.18 Å². The van der Waals surface area contributed by atoms with Crippen LogP contribution in [0.15, 0.2) is 24.3 Å². The maximum atomic E-state index is 12.8. The molecule has 76 valence electrons. The lowest BCUT2D eigenvalue weighted by molar-refractivity contribution is -0.110. The molecule has 0 atom stereocenters. The second kappa shape index (κ2) is 4.22. The monoisotopic (exact) mass is 195 g/mol. The molecule has 2 nitrogen and oxygen atoms in total. The van der Waals surface area contributed by atoms with Gasteiger partial charge in [0.1, 0.15) is 5.82 Å². The van der Waals surface area contributed by atoms with Crippen LogP contribution >= 0.6 is 0 Å². The third-order valence-corrected chi connectivity index (χ3v) is 1.98. The minimum atomic E-state index is -0.338. The molecule has 1 aromatic rings. The Morgan fingerprint density at radius 3 is 2.79 bits per heavy atom. The summed E-state index contributed by atoms with van der Waals surface area (Å²) in [6.07, 6.45) is 1.28. The number of rotatable bonds is 4. The van der Waals surface area contributed by atoms with Crippen molar-refractivity contribution in [2.24, 2.45) is 0 Å². The largest absolute Gasteiger partial charge is 0.353 e. The highest BCUT2D eigenvalue weighted by molar-refractivity contribution is 5.47. The number of hydrogen-bond donors (Lipinski definition) is 1. The predicted molar refractivity (Wildman–Crippen MR) is 53.4 cm³/mol. The van der Waals surface area contributed by atoms with E-state index in [1.165, 1.54) is 12.1 Å². The van der Waals surface area contributed by atoms with Gasteiger partial charge in [0, 0.05) is 5.54 Å². The first-order valence-corrected chi connectivity index (χ1v) is 4.49. The van der Waals surface area contributed by atoms with E-state index in [2.05, 4.69) is 5.32 Å². The van der Waals surface area contributed by atoms with Gasteiger partial charge >= 0.3 is 0 Å². The van der Waals surface area contributed by atoms with Crippen LogP contribution < -0.4 is 5.32 Å². The molecule has 3 heteroatoms. The van der Waals surface area contributed by atoms with Crippen molar-refractivity contribution in [1.82, 2.24) is 5.32 Å². The van der Waals surface area contributed by atoms with Crippen molar-refractivity contribution in [2.75, 3.05) is 0 Å². The van der Waals surface area contributed by atoms with Crippen LogP contribution in [0.4, 0.5) is 4.39 Å². The molecule has 0 aromatic heterocycles. The van der Waals surface area contributed by atoms with E-state index in [1.807, 2.05) is 19.9 Å². The van der Waals surface area contributed by atoms with E-state index in [4.69, 9.17) is 0 Å². The van der Waals surface area contributed by atoms with Gasteiger partial charge < -0.3 is 5.32 Å². The Kier molecular flexibility index (Phi) is 3.23. The molecule has 0 radical (unpaired) electrons. The van der Waals surface area contributed by atoms with E-state index < -0.39 is 0 Å². The van der Waals surface area contributed by atoms with Gasteiger partial charge in [0.05, 0.1) is 0 Å². The summed E-state index contributed by atoms with van der Waals surface area (Å²) in [5.41, 5.74) is 0.541. The lowest BCUT2D eigenvalue weighted by Crippen LogP contribution is -2.40. The third kappa shape index (κ3) is 3.17. The molecule has 1 amide bonds. The molecule has 1 aromatic carbocycles. The van der Waals surface area contributed by atoms with Crippen molar-refractivity contribution in [3.63, 3.8) is 0 Å². The van der Waals surface area contributed by atoms with Crippen LogP contribution in [0.25, 0.3) is 0 Å². The topological polar surface area (TPSA) is 29.1 Å². The lowest BCUT2D eigenvalue weighted by atomic mass is 9.95. The zero-order valence-electron chi connectivity index (χ0n) is 8.38. The molecule has 0 aliphatic carbocycles. The van der Waals surface area contributed by atoms with Crippen molar-refractivity contribution in [2.45, 2.75) is 25.8 Å². The van der Waals surface area contributed by atoms with Crippen molar-refractivity contribution >= 4 is 6.41 Å². The fourth-order valence-electron chi connectivity index (χ4n) is 1.37. The molecule has 0 fully saturated rings. The van der Waals surface area contributed by atoms with E-state index in [0.717, 1.165) is 5.56 Å². The SMILES string of the molecule is CC(C)(Cc1cccc(F)c1)NC=O. The molecule has 0 spiro atoms. The number of carbonyl (C=O) groups is 1. The molecule has 14 heavy (non-hydrogen) atoms. The Labute approximate surface area is 83.1 Å². The zero-order valence-corrected chi connectivity index (χ0v) is 8.38. The summed E-state index contributed by atoms with van der Waals surface area (Å²) < 4.78 is 12.8. The summed E-state index contributed by atoms with van der Waals surface area (Å²) >= 11 is 0. The van der Waals surface area contributed by atoms with Crippen LogP contribution in [0.2, 0.25) is 0 Å². The van der Waals surface area contributed by atoms with E-state index in [0.29, 0.717) is 12.8 Å². The Morgan fingerprint density at radius 2 is 2.21 bits per heavy atom. The molecule has 0 saturated heterocycles. The van der Waals surface area contributed by atoms with Crippen molar-refractivity contribution in [1.29, 1.82) is 0 Å². The fraction of sp³-hybridized carbons (Fsp3) is 0.364. The molecule has 0 saturated carbocycles. The minimum absolute atomic E-state index is 0.246. The molecule has 0 aliphatic heterocycles. The van der Waals surface area contributed by atoms with E-state index in [1.54, 1.807) is 6.07 Å². The summed E-state index contributed by atoms with van der Waals surface area (Å²) in [5.74, 6) is -0.246. The van der Waals surface area contributed by atoms with Crippen LogP contribution in [0.1, 0.15) is 19.4 Å². The second-order valence-corrected chi connectivity index (χ2v) is 3.95. The highest BCUT2D eigenvalue weighted by Gasteiger charge is 2.16. The van der Waals surface area contributed by atoms with Gasteiger partial charge in [0.2, 0.25) is 6.41 Å². The third-order valence-electron chi connectivity index (χ3n) is 1.98. The van der Waals surface area contributed by atoms with Crippen molar-refractivity contribution in [3.8, 4) is 0 Å². The van der Waals surface area contributed by atoms with Crippen molar-refractivity contribution in [3.05, 3.63) is 35.6 Å². The average Bonchev–Trinajstić information content (AvgIpc) is 2.02. The normalized spacial score (nSPS) is 11.1. The highest BCUT2D eigenvalue weighted by Crippen LogP contribution is 2.12. The molecule has 0 bridgehead atoms. The van der Waals surface area contributed by atoms with Crippen LogP contribution in [-0.4, -0.2) is 11.9 Å². The lowest BCUT2D eigenvalue weighted by Gasteiger charge is -2.23. The maximum Gasteiger partial charge on any atom is 0.207 e. The first kappa shape index (κ1) is 10.7. The molecule has 0 aliphatic rings. The first-order valence-electron chi connectivity index (χ1n) is 4.49. The number of carbonyl (C=O) groups excluding carboxylic acids is 1. The Bertz CT molecular complexity index is 323. The molecule has 0 heterocycles. The fourth-order valence-corrected chi connectivity index (χ4v) is 1.37. The number of benzene rings is 1. The van der Waals surface area contributed by atoms with E-state index in [-0.39, 0.29) is 11.4 Å². The standard InChI is InChI=1S/C11H14FNO/c1-11(2,13-8-14)7-9-4-3-5-10(12)6-9/h3-6,8H,7H2,1-2H3,(H,13,14). The smallest absolute Gasteiger partial charge is 0.207 e. The van der Waals surface area contributed by atoms with Gasteiger partial charge in [-0.2, -0.15) is 0 Å². The average molecular weight is 195 g/mol. The predicted octanol–water partition coefficient (Wildman–Crippen LogP) is 1.89. The summed E-state index contributed by atoms with van der Waals surface area (Å²) in [6.45, 7) is 3.79. The summed E-state index contributed by atoms with van der Waals surface area (Å²) in [6, 6.07) is 6.40. The Balaban J connectivity index is 2.72. The Hall–Kier alpha value is -1.38. The van der Waals surface area contributed by atoms with Gasteiger partial charge in [-0.15, -0.1) is 0 Å². The maximum absolute atomic E-state index is 12.8. The number of hydrogen-bond acceptors (Lipinski definition) is 1. The quantitative estimate of drug-likeness (QED) is 0.730. The van der Waals surface area contributed by atoms with Gasteiger partial charge in [-0.05, 0) is 38.0 Å². The van der Waals surface area contributed by atoms with E-state index >= 15 is 0 Å². The summed E-state index contributed by atoms with van der Waals surface area (Å²) in [4.78, 5) is 10.3. The molecular formula is C11H14FNO. The highest BCUT2D eigenvalue weighted by atomic mass is 19.1. The molecular weight excluding hydrogens is 181 g/mol. The Morgan fingerprint density at radius 1 is 1.50 bits per heavy atom. The molecule has 1 rings (SSSR count). The van der Waals surface area contributed by atoms with Gasteiger partial charge in [0.15, 0.2) is 0 Å². The minimum Gasteiger partial charge on any atom is -0.353 e. The van der Waals surface area contributed by atoms with Crippen LogP contribution in [0.5, 0.6) is 0 Å². The summed E-state index contributed by atoms with van der Waals surface area (Å²) in [7, 11) is 0. The zero-order chi connectivity index (χ0) is 10.6. The molecule has 1 N–H and O–H groups in total. The number of nitrogens with one attached hydrogen (secondary N) is 1.